The van der Waals surface area contributed by atoms with Crippen molar-refractivity contribution in [3.8, 4) is 11.4 Å². The van der Waals surface area contributed by atoms with Gasteiger partial charge in [0.2, 0.25) is 0 Å². The Morgan fingerprint density at radius 2 is 1.81 bits per heavy atom. The summed E-state index contributed by atoms with van der Waals surface area (Å²) in [7, 11) is 0. The maximum absolute atomic E-state index is 12.7. The van der Waals surface area contributed by atoms with Crippen molar-refractivity contribution < 1.29 is 4.74 Å². The Bertz CT molecular complexity index is 1080. The van der Waals surface area contributed by atoms with Crippen LogP contribution in [0.25, 0.3) is 16.7 Å². The van der Waals surface area contributed by atoms with Gasteiger partial charge in [-0.3, -0.25) is 9.36 Å². The van der Waals surface area contributed by atoms with Gasteiger partial charge in [-0.1, -0.05) is 35.9 Å². The van der Waals surface area contributed by atoms with Crippen LogP contribution < -0.4 is 10.3 Å². The third-order valence-electron chi connectivity index (χ3n) is 4.18. The van der Waals surface area contributed by atoms with E-state index in [1.54, 1.807) is 21.8 Å². The van der Waals surface area contributed by atoms with E-state index in [9.17, 15) is 4.79 Å². The largest absolute Gasteiger partial charge is 0.492 e. The molecule has 4 aromatic rings. The summed E-state index contributed by atoms with van der Waals surface area (Å²) in [5.41, 5.74) is 2.48. The van der Waals surface area contributed by atoms with E-state index >= 15 is 0 Å². The van der Waals surface area contributed by atoms with Crippen molar-refractivity contribution in [1.82, 2.24) is 19.3 Å². The fraction of sp³-hybridized carbons (Fsp3) is 0.150. The van der Waals surface area contributed by atoms with Gasteiger partial charge >= 0.3 is 0 Å². The Hall–Kier alpha value is -3.41. The van der Waals surface area contributed by atoms with Gasteiger partial charge in [-0.05, 0) is 31.2 Å². The summed E-state index contributed by atoms with van der Waals surface area (Å²) in [4.78, 5) is 17.1. The molecular weight excluding hydrogens is 328 g/mol. The number of nitrogens with zero attached hydrogens (tertiary/aromatic N) is 4. The van der Waals surface area contributed by atoms with Crippen LogP contribution in [-0.4, -0.2) is 25.9 Å². The maximum atomic E-state index is 12.7. The quantitative estimate of drug-likeness (QED) is 0.557. The van der Waals surface area contributed by atoms with Gasteiger partial charge < -0.3 is 4.74 Å². The summed E-state index contributed by atoms with van der Waals surface area (Å²) in [5.74, 6) is 0.787. The minimum Gasteiger partial charge on any atom is -0.492 e. The third kappa shape index (κ3) is 3.09. The van der Waals surface area contributed by atoms with Crippen LogP contribution in [0.1, 0.15) is 5.56 Å². The van der Waals surface area contributed by atoms with E-state index in [-0.39, 0.29) is 5.56 Å². The minimum absolute atomic E-state index is 0.121. The number of fused-ring (bicyclic) bond motifs is 1. The van der Waals surface area contributed by atoms with Crippen LogP contribution in [0.3, 0.4) is 0 Å². The minimum atomic E-state index is -0.121. The van der Waals surface area contributed by atoms with Crippen molar-refractivity contribution in [2.24, 2.45) is 0 Å². The molecule has 2 heterocycles. The first-order valence-electron chi connectivity index (χ1n) is 8.40. The van der Waals surface area contributed by atoms with Crippen LogP contribution in [-0.2, 0) is 6.54 Å². The van der Waals surface area contributed by atoms with Gasteiger partial charge in [0.15, 0.2) is 5.65 Å². The Kier molecular flexibility index (Phi) is 4.23. The number of ether oxygens (including phenoxy) is 1. The van der Waals surface area contributed by atoms with Gasteiger partial charge in [-0.2, -0.15) is 5.10 Å². The first kappa shape index (κ1) is 16.1. The second-order valence-electron chi connectivity index (χ2n) is 6.03. The van der Waals surface area contributed by atoms with Crippen molar-refractivity contribution in [3.63, 3.8) is 0 Å². The first-order valence-corrected chi connectivity index (χ1v) is 8.40. The van der Waals surface area contributed by atoms with Crippen LogP contribution in [0.5, 0.6) is 5.75 Å². The molecule has 130 valence electrons. The fourth-order valence-corrected chi connectivity index (χ4v) is 2.76. The molecule has 0 aliphatic rings. The predicted molar refractivity (Wildman–Crippen MR) is 99.8 cm³/mol. The van der Waals surface area contributed by atoms with E-state index in [0.29, 0.717) is 24.2 Å². The highest BCUT2D eigenvalue weighted by Crippen LogP contribution is 2.13. The molecule has 0 fully saturated rings. The highest BCUT2D eigenvalue weighted by atomic mass is 16.5. The molecule has 0 N–H and O–H groups in total. The van der Waals surface area contributed by atoms with Crippen LogP contribution in [0.2, 0.25) is 0 Å². The molecule has 0 spiro atoms. The van der Waals surface area contributed by atoms with Gasteiger partial charge in [0.1, 0.15) is 24.1 Å². The average molecular weight is 346 g/mol. The number of hydrogen-bond acceptors (Lipinski definition) is 4. The molecule has 0 atom stereocenters. The topological polar surface area (TPSA) is 61.9 Å². The van der Waals surface area contributed by atoms with Gasteiger partial charge in [0.05, 0.1) is 18.4 Å². The number of rotatable bonds is 5. The molecule has 0 unspecified atom stereocenters. The molecule has 4 rings (SSSR count). The Balaban J connectivity index is 1.55. The smallest absolute Gasteiger partial charge is 0.264 e. The van der Waals surface area contributed by atoms with E-state index in [1.165, 1.54) is 5.56 Å². The standard InChI is InChI=1S/C20H18N4O2/c1-15-7-9-17(10-8-15)26-12-11-23-14-21-19-18(20(23)25)13-22-24(19)16-5-3-2-4-6-16/h2-10,13-14H,11-12H2,1H3. The van der Waals surface area contributed by atoms with E-state index in [1.807, 2.05) is 61.5 Å². The number of hydrogen-bond donors (Lipinski definition) is 0. The van der Waals surface area contributed by atoms with E-state index in [2.05, 4.69) is 10.1 Å². The summed E-state index contributed by atoms with van der Waals surface area (Å²) < 4.78 is 8.92. The van der Waals surface area contributed by atoms with Crippen molar-refractivity contribution in [2.45, 2.75) is 13.5 Å². The summed E-state index contributed by atoms with van der Waals surface area (Å²) in [6, 6.07) is 17.5. The zero-order valence-corrected chi connectivity index (χ0v) is 14.4. The molecular formula is C20H18N4O2. The maximum Gasteiger partial charge on any atom is 0.264 e. The van der Waals surface area contributed by atoms with Gasteiger partial charge in [0, 0.05) is 0 Å². The number of aryl methyl sites for hydroxylation is 1. The van der Waals surface area contributed by atoms with E-state index in [0.717, 1.165) is 11.4 Å². The molecule has 26 heavy (non-hydrogen) atoms. The Morgan fingerprint density at radius 3 is 2.58 bits per heavy atom. The lowest BCUT2D eigenvalue weighted by Gasteiger charge is -2.08. The van der Waals surface area contributed by atoms with E-state index < -0.39 is 0 Å². The molecule has 2 aromatic carbocycles. The highest BCUT2D eigenvalue weighted by Gasteiger charge is 2.11. The summed E-state index contributed by atoms with van der Waals surface area (Å²) in [5, 5.41) is 4.81. The molecule has 2 aromatic heterocycles. The molecule has 6 nitrogen and oxygen atoms in total. The predicted octanol–water partition coefficient (Wildman–Crippen LogP) is 2.97. The lowest BCUT2D eigenvalue weighted by Crippen LogP contribution is -2.23. The van der Waals surface area contributed by atoms with Crippen LogP contribution in [0, 0.1) is 6.92 Å². The zero-order valence-electron chi connectivity index (χ0n) is 14.4. The van der Waals surface area contributed by atoms with Crippen LogP contribution in [0.4, 0.5) is 0 Å². The van der Waals surface area contributed by atoms with E-state index in [4.69, 9.17) is 4.74 Å². The highest BCUT2D eigenvalue weighted by molar-refractivity contribution is 5.74. The second kappa shape index (κ2) is 6.84. The van der Waals surface area contributed by atoms with Gasteiger partial charge in [-0.25, -0.2) is 9.67 Å². The first-order chi connectivity index (χ1) is 12.7. The molecule has 0 saturated heterocycles. The average Bonchev–Trinajstić information content (AvgIpc) is 3.11. The monoisotopic (exact) mass is 346 g/mol. The third-order valence-corrected chi connectivity index (χ3v) is 4.18. The molecule has 0 amide bonds. The number of para-hydroxylation sites is 1. The number of aromatic nitrogens is 4. The lowest BCUT2D eigenvalue weighted by atomic mass is 10.2. The van der Waals surface area contributed by atoms with Gasteiger partial charge in [-0.15, -0.1) is 0 Å². The van der Waals surface area contributed by atoms with Crippen molar-refractivity contribution >= 4 is 11.0 Å². The summed E-state index contributed by atoms with van der Waals surface area (Å²) in [6.45, 7) is 2.84. The Morgan fingerprint density at radius 1 is 1.04 bits per heavy atom. The fourth-order valence-electron chi connectivity index (χ4n) is 2.76. The SMILES string of the molecule is Cc1ccc(OCCn2cnc3c(cnn3-c3ccccc3)c2=O)cc1. The van der Waals surface area contributed by atoms with Gasteiger partial charge in [0.25, 0.3) is 5.56 Å². The zero-order chi connectivity index (χ0) is 17.9. The lowest BCUT2D eigenvalue weighted by molar-refractivity contribution is 0.296. The molecule has 0 aliphatic carbocycles. The van der Waals surface area contributed by atoms with Crippen LogP contribution >= 0.6 is 0 Å². The summed E-state index contributed by atoms with van der Waals surface area (Å²) >= 11 is 0. The molecule has 0 aliphatic heterocycles. The van der Waals surface area contributed by atoms with Crippen molar-refractivity contribution in [1.29, 1.82) is 0 Å². The number of benzene rings is 2. The molecule has 0 bridgehead atoms. The Labute approximate surface area is 150 Å². The normalized spacial score (nSPS) is 11.0. The second-order valence-corrected chi connectivity index (χ2v) is 6.03. The van der Waals surface area contributed by atoms with Crippen molar-refractivity contribution in [2.75, 3.05) is 6.61 Å². The molecule has 6 heteroatoms. The van der Waals surface area contributed by atoms with Crippen molar-refractivity contribution in [3.05, 3.63) is 83.0 Å². The summed E-state index contributed by atoms with van der Waals surface area (Å²) in [6.07, 6.45) is 3.11. The molecule has 0 radical (unpaired) electrons. The molecule has 0 saturated carbocycles. The van der Waals surface area contributed by atoms with Crippen LogP contribution in [0.15, 0.2) is 71.9 Å².